The number of nitrogens with zero attached hydrogens (tertiary/aromatic N) is 1. The summed E-state index contributed by atoms with van der Waals surface area (Å²) in [4.78, 5) is 22.6. The summed E-state index contributed by atoms with van der Waals surface area (Å²) < 4.78 is 24.7. The molecular weight excluding hydrogens is 440 g/mol. The number of nitrogens with one attached hydrogen (secondary N) is 1. The first-order valence-electron chi connectivity index (χ1n) is 11.1. The molecular formula is C22H35ClN2O5S. The Morgan fingerprint density at radius 2 is 1.61 bits per heavy atom. The second-order valence-corrected chi connectivity index (χ2v) is 10.7. The van der Waals surface area contributed by atoms with Gasteiger partial charge in [-0.2, -0.15) is 0 Å². The third kappa shape index (κ3) is 11.5. The van der Waals surface area contributed by atoms with Crippen LogP contribution in [0.25, 0.3) is 0 Å². The van der Waals surface area contributed by atoms with Crippen molar-refractivity contribution in [1.29, 1.82) is 0 Å². The summed E-state index contributed by atoms with van der Waals surface area (Å²) in [6, 6.07) is 3.92. The van der Waals surface area contributed by atoms with Crippen LogP contribution in [0.4, 0.5) is 11.4 Å². The zero-order chi connectivity index (χ0) is 23.3. The second-order valence-electron chi connectivity index (χ2n) is 8.11. The highest BCUT2D eigenvalue weighted by molar-refractivity contribution is 7.91. The fraction of sp³-hybridized carbons (Fsp3) is 0.682. The molecule has 1 aromatic rings. The maximum Gasteiger partial charge on any atom is 0.289 e. The minimum absolute atomic E-state index is 0.0323. The van der Waals surface area contributed by atoms with E-state index in [2.05, 4.69) is 12.2 Å². The number of sulfone groups is 1. The van der Waals surface area contributed by atoms with Gasteiger partial charge in [0, 0.05) is 17.7 Å². The van der Waals surface area contributed by atoms with Gasteiger partial charge in [-0.25, -0.2) is 8.42 Å². The number of anilines is 1. The van der Waals surface area contributed by atoms with Gasteiger partial charge in [-0.05, 0) is 18.6 Å². The highest BCUT2D eigenvalue weighted by Crippen LogP contribution is 2.27. The van der Waals surface area contributed by atoms with Crippen molar-refractivity contribution < 1.29 is 18.1 Å². The van der Waals surface area contributed by atoms with Crippen molar-refractivity contribution >= 4 is 38.7 Å². The zero-order valence-electron chi connectivity index (χ0n) is 18.6. The summed E-state index contributed by atoms with van der Waals surface area (Å²) in [5, 5.41) is 13.4. The lowest BCUT2D eigenvalue weighted by atomic mass is 10.1. The van der Waals surface area contributed by atoms with E-state index in [0.29, 0.717) is 6.42 Å². The van der Waals surface area contributed by atoms with Gasteiger partial charge in [-0.1, -0.05) is 83.2 Å². The summed E-state index contributed by atoms with van der Waals surface area (Å²) in [5.41, 5.74) is -0.110. The van der Waals surface area contributed by atoms with Crippen molar-refractivity contribution in [1.82, 2.24) is 0 Å². The van der Waals surface area contributed by atoms with E-state index >= 15 is 0 Å². The molecule has 0 aliphatic heterocycles. The van der Waals surface area contributed by atoms with Crippen molar-refractivity contribution in [2.75, 3.05) is 16.8 Å². The van der Waals surface area contributed by atoms with Crippen LogP contribution in [0.2, 0.25) is 5.02 Å². The van der Waals surface area contributed by atoms with Gasteiger partial charge < -0.3 is 5.32 Å². The molecule has 0 aliphatic carbocycles. The Bertz CT molecular complexity index is 814. The molecule has 0 fully saturated rings. The van der Waals surface area contributed by atoms with E-state index in [-0.39, 0.29) is 27.9 Å². The number of rotatable bonds is 16. The number of unbranched alkanes of at least 4 members (excludes halogenated alkanes) is 9. The van der Waals surface area contributed by atoms with Crippen molar-refractivity contribution in [3.8, 4) is 0 Å². The number of hydrogen-bond donors (Lipinski definition) is 1. The number of hydrogen-bond acceptors (Lipinski definition) is 5. The van der Waals surface area contributed by atoms with Gasteiger partial charge in [0.2, 0.25) is 5.91 Å². The fourth-order valence-corrected chi connectivity index (χ4v) is 5.26. The molecule has 0 saturated heterocycles. The molecule has 1 unspecified atom stereocenters. The molecule has 1 N–H and O–H groups in total. The van der Waals surface area contributed by atoms with Gasteiger partial charge in [-0.15, -0.1) is 0 Å². The van der Waals surface area contributed by atoms with Crippen LogP contribution in [0.15, 0.2) is 18.2 Å². The highest BCUT2D eigenvalue weighted by atomic mass is 35.5. The topological polar surface area (TPSA) is 106 Å². The molecule has 7 nitrogen and oxygen atoms in total. The first-order valence-corrected chi connectivity index (χ1v) is 13.3. The van der Waals surface area contributed by atoms with Gasteiger partial charge in [0.05, 0.1) is 16.4 Å². The molecule has 0 heterocycles. The van der Waals surface area contributed by atoms with Crippen LogP contribution in [0.5, 0.6) is 0 Å². The minimum atomic E-state index is -3.34. The van der Waals surface area contributed by atoms with Crippen molar-refractivity contribution in [2.45, 2.75) is 78.1 Å². The average molecular weight is 475 g/mol. The quantitative estimate of drug-likeness (QED) is 0.175. The molecule has 0 aliphatic rings. The lowest BCUT2D eigenvalue weighted by Gasteiger charge is -2.13. The molecule has 1 aromatic carbocycles. The van der Waals surface area contributed by atoms with Gasteiger partial charge in [0.25, 0.3) is 5.69 Å². The van der Waals surface area contributed by atoms with Crippen LogP contribution in [0.3, 0.4) is 0 Å². The van der Waals surface area contributed by atoms with Crippen molar-refractivity contribution in [3.63, 3.8) is 0 Å². The normalized spacial score (nSPS) is 12.5. The van der Waals surface area contributed by atoms with E-state index in [9.17, 15) is 23.3 Å². The number of halogens is 1. The first kappa shape index (κ1) is 27.4. The lowest BCUT2D eigenvalue weighted by molar-refractivity contribution is -0.384. The molecule has 0 radical (unpaired) electrons. The van der Waals surface area contributed by atoms with E-state index in [0.717, 1.165) is 25.3 Å². The predicted molar refractivity (Wildman–Crippen MR) is 126 cm³/mol. The number of nitro groups is 1. The number of carbonyl (C=O) groups excluding carboxylic acids is 1. The lowest BCUT2D eigenvalue weighted by Crippen LogP contribution is -2.28. The summed E-state index contributed by atoms with van der Waals surface area (Å²) in [6.07, 6.45) is 11.2. The summed E-state index contributed by atoms with van der Waals surface area (Å²) >= 11 is 5.76. The van der Waals surface area contributed by atoms with Crippen LogP contribution < -0.4 is 5.32 Å². The number of carbonyl (C=O) groups is 1. The molecule has 31 heavy (non-hydrogen) atoms. The van der Waals surface area contributed by atoms with Gasteiger partial charge >= 0.3 is 0 Å². The van der Waals surface area contributed by atoms with Gasteiger partial charge in [0.15, 0.2) is 9.84 Å². The largest absolute Gasteiger partial charge is 0.326 e. The summed E-state index contributed by atoms with van der Waals surface area (Å²) in [5.74, 6) is -1.43. The SMILES string of the molecule is CCCCCCCCCCCCS(=O)(=O)CC(C)C(=O)Nc1ccc(Cl)c([N+](=O)[O-])c1. The monoisotopic (exact) mass is 474 g/mol. The van der Waals surface area contributed by atoms with Crippen LogP contribution in [-0.4, -0.2) is 30.8 Å². The smallest absolute Gasteiger partial charge is 0.289 e. The Balaban J connectivity index is 2.33. The van der Waals surface area contributed by atoms with Crippen LogP contribution in [0.1, 0.15) is 78.1 Å². The number of amides is 1. The molecule has 9 heteroatoms. The van der Waals surface area contributed by atoms with Crippen LogP contribution in [-0.2, 0) is 14.6 Å². The summed E-state index contributed by atoms with van der Waals surface area (Å²) in [7, 11) is -3.34. The first-order chi connectivity index (χ1) is 14.7. The highest BCUT2D eigenvalue weighted by Gasteiger charge is 2.22. The Morgan fingerprint density at radius 3 is 2.16 bits per heavy atom. The van der Waals surface area contributed by atoms with Crippen molar-refractivity contribution in [2.24, 2.45) is 5.92 Å². The van der Waals surface area contributed by atoms with E-state index in [1.807, 2.05) is 0 Å². The zero-order valence-corrected chi connectivity index (χ0v) is 20.1. The fourth-order valence-electron chi connectivity index (χ4n) is 3.35. The average Bonchev–Trinajstić information content (AvgIpc) is 2.70. The van der Waals surface area contributed by atoms with E-state index in [4.69, 9.17) is 11.6 Å². The molecule has 1 rings (SSSR count). The van der Waals surface area contributed by atoms with E-state index < -0.39 is 26.6 Å². The molecule has 0 spiro atoms. The van der Waals surface area contributed by atoms with Crippen LogP contribution >= 0.6 is 11.6 Å². The molecule has 176 valence electrons. The predicted octanol–water partition coefficient (Wildman–Crippen LogP) is 6.16. The molecule has 1 amide bonds. The van der Waals surface area contributed by atoms with Crippen molar-refractivity contribution in [3.05, 3.63) is 33.3 Å². The third-order valence-corrected chi connectivity index (χ3v) is 7.41. The van der Waals surface area contributed by atoms with Crippen LogP contribution in [0, 0.1) is 16.0 Å². The Morgan fingerprint density at radius 1 is 1.06 bits per heavy atom. The molecule has 0 saturated carbocycles. The Hall–Kier alpha value is -1.67. The standard InChI is InChI=1S/C22H35ClN2O5S/c1-3-4-5-6-7-8-9-10-11-12-15-31(29,30)17-18(2)22(26)24-19-13-14-20(23)21(16-19)25(27)28/h13-14,16,18H,3-12,15,17H2,1-2H3,(H,24,26). The molecule has 0 bridgehead atoms. The maximum atomic E-state index is 12.3. The van der Waals surface area contributed by atoms with Gasteiger partial charge in [-0.3, -0.25) is 14.9 Å². The second kappa shape index (κ2) is 14.4. The molecule has 1 atom stereocenters. The minimum Gasteiger partial charge on any atom is -0.326 e. The number of nitro benzene ring substituents is 1. The third-order valence-electron chi connectivity index (χ3n) is 5.17. The van der Waals surface area contributed by atoms with Gasteiger partial charge in [0.1, 0.15) is 5.02 Å². The maximum absolute atomic E-state index is 12.3. The van der Waals surface area contributed by atoms with E-state index in [1.165, 1.54) is 57.6 Å². The Labute approximate surface area is 191 Å². The summed E-state index contributed by atoms with van der Waals surface area (Å²) in [6.45, 7) is 3.74. The molecule has 0 aromatic heterocycles. The van der Waals surface area contributed by atoms with E-state index in [1.54, 1.807) is 0 Å². The number of benzene rings is 1. The Kier molecular flexibility index (Phi) is 12.7.